The van der Waals surface area contributed by atoms with Gasteiger partial charge in [0.2, 0.25) is 5.91 Å². The molecule has 0 fully saturated rings. The first-order chi connectivity index (χ1) is 10.8. The Hall–Kier alpha value is -2.08. The fraction of sp³-hybridized carbons (Fsp3) is 0.529. The Morgan fingerprint density at radius 2 is 1.83 bits per heavy atom. The van der Waals surface area contributed by atoms with Crippen molar-refractivity contribution in [3.63, 3.8) is 0 Å². The van der Waals surface area contributed by atoms with Gasteiger partial charge in [0, 0.05) is 13.1 Å². The van der Waals surface area contributed by atoms with Gasteiger partial charge in [-0.15, -0.1) is 0 Å². The summed E-state index contributed by atoms with van der Waals surface area (Å²) in [5.41, 5.74) is 6.78. The SMILES string of the molecule is CCn1c(=O)n(CC(=O)NC(C)(CN)C(C)C)c2ccccc21. The van der Waals surface area contributed by atoms with Gasteiger partial charge in [0.25, 0.3) is 0 Å². The Labute approximate surface area is 136 Å². The number of aryl methyl sites for hydroxylation is 1. The molecule has 2 aromatic rings. The van der Waals surface area contributed by atoms with Gasteiger partial charge in [-0.2, -0.15) is 0 Å². The molecule has 1 heterocycles. The van der Waals surface area contributed by atoms with Crippen molar-refractivity contribution in [2.24, 2.45) is 11.7 Å². The summed E-state index contributed by atoms with van der Waals surface area (Å²) in [6.45, 7) is 8.79. The summed E-state index contributed by atoms with van der Waals surface area (Å²) in [5.74, 6) is -0.00193. The Balaban J connectivity index is 2.34. The molecular weight excluding hydrogens is 292 g/mol. The van der Waals surface area contributed by atoms with E-state index in [9.17, 15) is 9.59 Å². The van der Waals surface area contributed by atoms with Gasteiger partial charge < -0.3 is 11.1 Å². The van der Waals surface area contributed by atoms with Crippen molar-refractivity contribution >= 4 is 16.9 Å². The molecule has 1 aromatic heterocycles. The molecule has 3 N–H and O–H groups in total. The molecule has 0 saturated heterocycles. The summed E-state index contributed by atoms with van der Waals surface area (Å²) in [4.78, 5) is 25.0. The third-order valence-electron chi connectivity index (χ3n) is 4.67. The number of nitrogens with zero attached hydrogens (tertiary/aromatic N) is 2. The Morgan fingerprint density at radius 1 is 1.26 bits per heavy atom. The van der Waals surface area contributed by atoms with Crippen molar-refractivity contribution in [3.8, 4) is 0 Å². The minimum Gasteiger partial charge on any atom is -0.348 e. The van der Waals surface area contributed by atoms with Crippen LogP contribution in [-0.2, 0) is 17.9 Å². The van der Waals surface area contributed by atoms with Crippen LogP contribution in [0, 0.1) is 5.92 Å². The molecule has 0 aliphatic heterocycles. The maximum absolute atomic E-state index is 12.5. The second-order valence-corrected chi connectivity index (χ2v) is 6.43. The fourth-order valence-electron chi connectivity index (χ4n) is 2.66. The van der Waals surface area contributed by atoms with Gasteiger partial charge >= 0.3 is 5.69 Å². The van der Waals surface area contributed by atoms with Crippen molar-refractivity contribution in [2.75, 3.05) is 6.54 Å². The molecule has 0 radical (unpaired) electrons. The van der Waals surface area contributed by atoms with Crippen LogP contribution < -0.4 is 16.7 Å². The van der Waals surface area contributed by atoms with Crippen LogP contribution in [0.4, 0.5) is 0 Å². The van der Waals surface area contributed by atoms with Crippen LogP contribution in [0.15, 0.2) is 29.1 Å². The first-order valence-electron chi connectivity index (χ1n) is 8.03. The number of imidazole rings is 1. The van der Waals surface area contributed by atoms with Crippen molar-refractivity contribution in [2.45, 2.75) is 46.3 Å². The highest BCUT2D eigenvalue weighted by atomic mass is 16.2. The zero-order chi connectivity index (χ0) is 17.2. The minimum atomic E-state index is -0.482. The number of benzene rings is 1. The smallest absolute Gasteiger partial charge is 0.329 e. The number of aromatic nitrogens is 2. The van der Waals surface area contributed by atoms with Crippen molar-refractivity contribution in [1.29, 1.82) is 0 Å². The van der Waals surface area contributed by atoms with Crippen molar-refractivity contribution < 1.29 is 4.79 Å². The molecule has 1 unspecified atom stereocenters. The van der Waals surface area contributed by atoms with E-state index in [1.807, 2.05) is 52.0 Å². The number of fused-ring (bicyclic) bond motifs is 1. The van der Waals surface area contributed by atoms with E-state index < -0.39 is 5.54 Å². The third kappa shape index (κ3) is 3.17. The highest BCUT2D eigenvalue weighted by Crippen LogP contribution is 2.16. The predicted octanol–water partition coefficient (Wildman–Crippen LogP) is 1.31. The van der Waals surface area contributed by atoms with Gasteiger partial charge in [0.05, 0.1) is 16.6 Å². The molecule has 0 bridgehead atoms. The molecule has 1 amide bonds. The summed E-state index contributed by atoms with van der Waals surface area (Å²) >= 11 is 0. The van der Waals surface area contributed by atoms with E-state index in [2.05, 4.69) is 5.32 Å². The normalized spacial score (nSPS) is 14.2. The average Bonchev–Trinajstić information content (AvgIpc) is 2.79. The quantitative estimate of drug-likeness (QED) is 0.842. The summed E-state index contributed by atoms with van der Waals surface area (Å²) < 4.78 is 3.19. The molecular formula is C17H26N4O2. The molecule has 6 nitrogen and oxygen atoms in total. The molecule has 0 spiro atoms. The molecule has 126 valence electrons. The molecule has 1 aromatic carbocycles. The number of hydrogen-bond acceptors (Lipinski definition) is 3. The number of rotatable bonds is 6. The molecule has 2 rings (SSSR count). The number of nitrogens with two attached hydrogens (primary N) is 1. The Bertz CT molecular complexity index is 760. The Kier molecular flexibility index (Phi) is 4.94. The molecule has 1 atom stereocenters. The predicted molar refractivity (Wildman–Crippen MR) is 92.3 cm³/mol. The highest BCUT2D eigenvalue weighted by molar-refractivity contribution is 5.81. The van der Waals surface area contributed by atoms with Gasteiger partial charge in [-0.1, -0.05) is 26.0 Å². The lowest BCUT2D eigenvalue weighted by Gasteiger charge is -2.33. The monoisotopic (exact) mass is 318 g/mol. The van der Waals surface area contributed by atoms with Gasteiger partial charge in [-0.25, -0.2) is 4.79 Å². The summed E-state index contributed by atoms with van der Waals surface area (Å²) in [5, 5.41) is 2.98. The molecule has 0 saturated carbocycles. The lowest BCUT2D eigenvalue weighted by molar-refractivity contribution is -0.123. The molecule has 6 heteroatoms. The van der Waals surface area contributed by atoms with Crippen LogP contribution in [0.2, 0.25) is 0 Å². The summed E-state index contributed by atoms with van der Waals surface area (Å²) in [6.07, 6.45) is 0. The van der Waals surface area contributed by atoms with Crippen LogP contribution in [0.5, 0.6) is 0 Å². The van der Waals surface area contributed by atoms with Crippen molar-refractivity contribution in [1.82, 2.24) is 14.5 Å². The maximum atomic E-state index is 12.5. The number of amides is 1. The summed E-state index contributed by atoms with van der Waals surface area (Å²) in [7, 11) is 0. The van der Waals surface area contributed by atoms with Gasteiger partial charge in [-0.3, -0.25) is 13.9 Å². The topological polar surface area (TPSA) is 82.0 Å². The van der Waals surface area contributed by atoms with E-state index in [0.29, 0.717) is 13.1 Å². The largest absolute Gasteiger partial charge is 0.348 e. The lowest BCUT2D eigenvalue weighted by atomic mass is 9.88. The first kappa shape index (κ1) is 17.3. The van der Waals surface area contributed by atoms with Crippen molar-refractivity contribution in [3.05, 3.63) is 34.7 Å². The lowest BCUT2D eigenvalue weighted by Crippen LogP contribution is -2.56. The molecule has 0 aliphatic rings. The van der Waals surface area contributed by atoms with E-state index in [1.165, 1.54) is 4.57 Å². The first-order valence-corrected chi connectivity index (χ1v) is 8.03. The highest BCUT2D eigenvalue weighted by Gasteiger charge is 2.29. The average molecular weight is 318 g/mol. The van der Waals surface area contributed by atoms with Crippen LogP contribution >= 0.6 is 0 Å². The van der Waals surface area contributed by atoms with E-state index in [-0.39, 0.29) is 24.1 Å². The second-order valence-electron chi connectivity index (χ2n) is 6.43. The van der Waals surface area contributed by atoms with Gasteiger partial charge in [-0.05, 0) is 31.9 Å². The summed E-state index contributed by atoms with van der Waals surface area (Å²) in [6, 6.07) is 7.52. The standard InChI is InChI=1S/C17H26N4O2/c1-5-20-13-8-6-7-9-14(13)21(16(20)23)10-15(22)19-17(4,11-18)12(2)3/h6-9,12H,5,10-11,18H2,1-4H3,(H,19,22). The van der Waals surface area contributed by atoms with Crippen LogP contribution in [-0.4, -0.2) is 27.1 Å². The molecule has 0 aliphatic carbocycles. The number of carbonyl (C=O) groups excluding carboxylic acids is 1. The molecule has 23 heavy (non-hydrogen) atoms. The third-order valence-corrected chi connectivity index (χ3v) is 4.67. The fourth-order valence-corrected chi connectivity index (χ4v) is 2.66. The number of hydrogen-bond donors (Lipinski definition) is 2. The van der Waals surface area contributed by atoms with E-state index in [0.717, 1.165) is 11.0 Å². The number of para-hydroxylation sites is 2. The van der Waals surface area contributed by atoms with E-state index in [1.54, 1.807) is 4.57 Å². The maximum Gasteiger partial charge on any atom is 0.329 e. The van der Waals surface area contributed by atoms with Crippen LogP contribution in [0.3, 0.4) is 0 Å². The van der Waals surface area contributed by atoms with Gasteiger partial charge in [0.1, 0.15) is 6.54 Å². The zero-order valence-corrected chi connectivity index (χ0v) is 14.3. The van der Waals surface area contributed by atoms with Crippen LogP contribution in [0.25, 0.3) is 11.0 Å². The van der Waals surface area contributed by atoms with E-state index in [4.69, 9.17) is 5.73 Å². The Morgan fingerprint density at radius 3 is 2.30 bits per heavy atom. The number of nitrogens with one attached hydrogen (secondary N) is 1. The van der Waals surface area contributed by atoms with E-state index >= 15 is 0 Å². The minimum absolute atomic E-state index is 0.00530. The number of carbonyl (C=O) groups is 1. The second kappa shape index (κ2) is 6.58. The van der Waals surface area contributed by atoms with Gasteiger partial charge in [0.15, 0.2) is 0 Å². The zero-order valence-electron chi connectivity index (χ0n) is 14.3. The van der Waals surface area contributed by atoms with Crippen LogP contribution in [0.1, 0.15) is 27.7 Å².